The lowest BCUT2D eigenvalue weighted by molar-refractivity contribution is -0.00993. The van der Waals surface area contributed by atoms with Crippen LogP contribution in [-0.2, 0) is 10.3 Å². The molecule has 3 aromatic rings. The van der Waals surface area contributed by atoms with Gasteiger partial charge in [-0.3, -0.25) is 4.79 Å². The molecule has 3 rings (SSSR count). The maximum absolute atomic E-state index is 13.8. The van der Waals surface area contributed by atoms with E-state index in [2.05, 4.69) is 6.58 Å². The third kappa shape index (κ3) is 3.49. The highest BCUT2D eigenvalue weighted by Crippen LogP contribution is 2.43. The van der Waals surface area contributed by atoms with Crippen LogP contribution in [0.1, 0.15) is 33.0 Å². The monoisotopic (exact) mass is 356 g/mol. The van der Waals surface area contributed by atoms with E-state index in [9.17, 15) is 4.79 Å². The first kappa shape index (κ1) is 18.8. The van der Waals surface area contributed by atoms with Crippen LogP contribution in [0.4, 0.5) is 0 Å². The molecular formula is C25H24O2. The van der Waals surface area contributed by atoms with Gasteiger partial charge in [0, 0.05) is 18.6 Å². The number of ether oxygens (including phenoxy) is 1. The van der Waals surface area contributed by atoms with E-state index >= 15 is 0 Å². The summed E-state index contributed by atoms with van der Waals surface area (Å²) in [6.45, 7) is 6.09. The van der Waals surface area contributed by atoms with Gasteiger partial charge in [0.25, 0.3) is 0 Å². The minimum atomic E-state index is -1.19. The lowest BCUT2D eigenvalue weighted by atomic mass is 9.72. The Kier molecular flexibility index (Phi) is 5.68. The molecule has 136 valence electrons. The second-order valence-electron chi connectivity index (χ2n) is 6.63. The Morgan fingerprint density at radius 1 is 0.926 bits per heavy atom. The maximum Gasteiger partial charge on any atom is 0.200 e. The molecule has 0 aliphatic rings. The molecule has 0 amide bonds. The topological polar surface area (TPSA) is 26.3 Å². The van der Waals surface area contributed by atoms with Gasteiger partial charge in [0.1, 0.15) is 0 Å². The fourth-order valence-corrected chi connectivity index (χ4v) is 3.59. The predicted octanol–water partition coefficient (Wildman–Crippen LogP) is 5.69. The van der Waals surface area contributed by atoms with Crippen molar-refractivity contribution in [2.24, 2.45) is 0 Å². The van der Waals surface area contributed by atoms with Gasteiger partial charge >= 0.3 is 0 Å². The van der Waals surface area contributed by atoms with E-state index < -0.39 is 5.60 Å². The Hall–Kier alpha value is -2.97. The largest absolute Gasteiger partial charge is 0.364 e. The molecule has 0 unspecified atom stereocenters. The van der Waals surface area contributed by atoms with Crippen molar-refractivity contribution in [2.45, 2.75) is 18.4 Å². The summed E-state index contributed by atoms with van der Waals surface area (Å²) >= 11 is 0. The van der Waals surface area contributed by atoms with Crippen molar-refractivity contribution >= 4 is 5.78 Å². The van der Waals surface area contributed by atoms with Crippen LogP contribution in [0.5, 0.6) is 0 Å². The normalized spacial score (nSPS) is 14.1. The highest BCUT2D eigenvalue weighted by Gasteiger charge is 2.47. The van der Waals surface area contributed by atoms with Crippen LogP contribution in [0.25, 0.3) is 0 Å². The van der Waals surface area contributed by atoms with Crippen molar-refractivity contribution in [3.63, 3.8) is 0 Å². The van der Waals surface area contributed by atoms with Gasteiger partial charge in [-0.25, -0.2) is 0 Å². The number of methoxy groups -OCH3 is 1. The second kappa shape index (κ2) is 8.15. The Balaban J connectivity index is 2.24. The fourth-order valence-electron chi connectivity index (χ4n) is 3.59. The Morgan fingerprint density at radius 2 is 1.48 bits per heavy atom. The van der Waals surface area contributed by atoms with Gasteiger partial charge < -0.3 is 4.74 Å². The van der Waals surface area contributed by atoms with Crippen molar-refractivity contribution in [1.29, 1.82) is 0 Å². The molecule has 0 aliphatic heterocycles. The summed E-state index contributed by atoms with van der Waals surface area (Å²) in [5, 5.41) is 0. The van der Waals surface area contributed by atoms with Crippen LogP contribution < -0.4 is 0 Å². The Bertz CT molecular complexity index is 898. The van der Waals surface area contributed by atoms with Crippen LogP contribution in [0, 0.1) is 6.92 Å². The minimum absolute atomic E-state index is 0.0812. The van der Waals surface area contributed by atoms with Gasteiger partial charge in [-0.1, -0.05) is 96.6 Å². The van der Waals surface area contributed by atoms with Crippen molar-refractivity contribution in [1.82, 2.24) is 0 Å². The molecule has 3 aromatic carbocycles. The number of Topliss-reactive ketones (excluding diaryl/α,β-unsaturated/α-hetero) is 1. The number of ketones is 1. The van der Waals surface area contributed by atoms with Gasteiger partial charge in [-0.2, -0.15) is 0 Å². The van der Waals surface area contributed by atoms with E-state index in [4.69, 9.17) is 4.74 Å². The summed E-state index contributed by atoms with van der Waals surface area (Å²) in [7, 11) is 1.60. The molecular weight excluding hydrogens is 332 g/mol. The highest BCUT2D eigenvalue weighted by atomic mass is 16.5. The SMILES string of the molecule is C=C[C@H](c1ccc(C)cc1)[C@@](OC)(C(=O)c1ccccc1)c1ccccc1. The number of carbonyl (C=O) groups excluding carboxylic acids is 1. The molecule has 0 N–H and O–H groups in total. The number of benzene rings is 3. The molecule has 0 aromatic heterocycles. The zero-order chi connectivity index (χ0) is 19.3. The molecule has 2 atom stereocenters. The summed E-state index contributed by atoms with van der Waals surface area (Å²) in [6.07, 6.45) is 1.81. The average molecular weight is 356 g/mol. The molecule has 0 bridgehead atoms. The summed E-state index contributed by atoms with van der Waals surface area (Å²) in [5.74, 6) is -0.416. The number of carbonyl (C=O) groups is 1. The smallest absolute Gasteiger partial charge is 0.200 e. The lowest BCUT2D eigenvalue weighted by Crippen LogP contribution is -2.43. The van der Waals surface area contributed by atoms with Crippen LogP contribution >= 0.6 is 0 Å². The first-order valence-corrected chi connectivity index (χ1v) is 9.03. The standard InChI is InChI=1S/C25H24O2/c1-4-23(20-17-15-19(2)16-18-20)25(27-3,22-13-9-6-10-14-22)24(26)21-11-7-5-8-12-21/h4-18,23H,1H2,2-3H3/t23-,25-/m1/s1. The molecule has 0 heterocycles. The number of hydrogen-bond acceptors (Lipinski definition) is 2. The third-order valence-corrected chi connectivity index (χ3v) is 5.01. The van der Waals surface area contributed by atoms with Crippen molar-refractivity contribution in [3.05, 3.63) is 120 Å². The van der Waals surface area contributed by atoms with E-state index in [0.717, 1.165) is 11.1 Å². The molecule has 0 radical (unpaired) electrons. The van der Waals surface area contributed by atoms with Crippen molar-refractivity contribution in [3.8, 4) is 0 Å². The van der Waals surface area contributed by atoms with Crippen LogP contribution in [0.15, 0.2) is 97.6 Å². The molecule has 0 fully saturated rings. The Morgan fingerprint density at radius 3 is 2.00 bits per heavy atom. The minimum Gasteiger partial charge on any atom is -0.364 e. The molecule has 0 aliphatic carbocycles. The molecule has 0 saturated carbocycles. The summed E-state index contributed by atoms with van der Waals surface area (Å²) < 4.78 is 6.06. The highest BCUT2D eigenvalue weighted by molar-refractivity contribution is 6.04. The van der Waals surface area contributed by atoms with Crippen molar-refractivity contribution in [2.75, 3.05) is 7.11 Å². The first-order valence-electron chi connectivity index (χ1n) is 9.03. The molecule has 2 heteroatoms. The predicted molar refractivity (Wildman–Crippen MR) is 110 cm³/mol. The lowest BCUT2D eigenvalue weighted by Gasteiger charge is -2.38. The van der Waals surface area contributed by atoms with Crippen LogP contribution in [-0.4, -0.2) is 12.9 Å². The zero-order valence-corrected chi connectivity index (χ0v) is 15.8. The quantitative estimate of drug-likeness (QED) is 0.401. The van der Waals surface area contributed by atoms with E-state index in [1.165, 1.54) is 5.56 Å². The number of rotatable bonds is 7. The second-order valence-corrected chi connectivity index (χ2v) is 6.63. The van der Waals surface area contributed by atoms with Crippen molar-refractivity contribution < 1.29 is 9.53 Å². The molecule has 0 saturated heterocycles. The van der Waals surface area contributed by atoms with E-state index in [0.29, 0.717) is 5.56 Å². The average Bonchev–Trinajstić information content (AvgIpc) is 2.74. The molecule has 2 nitrogen and oxygen atoms in total. The number of aryl methyl sites for hydroxylation is 1. The summed E-state index contributed by atoms with van der Waals surface area (Å²) in [5.41, 5.74) is 2.39. The zero-order valence-electron chi connectivity index (χ0n) is 15.8. The maximum atomic E-state index is 13.8. The first-order chi connectivity index (χ1) is 13.1. The van der Waals surface area contributed by atoms with E-state index in [-0.39, 0.29) is 11.7 Å². The number of hydrogen-bond donors (Lipinski definition) is 0. The van der Waals surface area contributed by atoms with E-state index in [1.807, 2.05) is 97.9 Å². The summed E-state index contributed by atoms with van der Waals surface area (Å²) in [4.78, 5) is 13.8. The fraction of sp³-hybridized carbons (Fsp3) is 0.160. The van der Waals surface area contributed by atoms with E-state index in [1.54, 1.807) is 7.11 Å². The van der Waals surface area contributed by atoms with Gasteiger partial charge in [-0.05, 0) is 18.1 Å². The van der Waals surface area contributed by atoms with Gasteiger partial charge in [0.05, 0.1) is 0 Å². The van der Waals surface area contributed by atoms with Gasteiger partial charge in [-0.15, -0.1) is 6.58 Å². The summed E-state index contributed by atoms with van der Waals surface area (Å²) in [6, 6.07) is 27.1. The molecule has 0 spiro atoms. The van der Waals surface area contributed by atoms with Crippen LogP contribution in [0.3, 0.4) is 0 Å². The van der Waals surface area contributed by atoms with Crippen LogP contribution in [0.2, 0.25) is 0 Å². The van der Waals surface area contributed by atoms with Gasteiger partial charge in [0.2, 0.25) is 0 Å². The third-order valence-electron chi connectivity index (χ3n) is 5.01. The Labute approximate surface area is 161 Å². The molecule has 27 heavy (non-hydrogen) atoms. The van der Waals surface area contributed by atoms with Gasteiger partial charge in [0.15, 0.2) is 11.4 Å².